The van der Waals surface area contributed by atoms with Crippen LogP contribution in [0.2, 0.25) is 0 Å². The van der Waals surface area contributed by atoms with Gasteiger partial charge in [0.2, 0.25) is 0 Å². The highest BCUT2D eigenvalue weighted by molar-refractivity contribution is 7.03. The van der Waals surface area contributed by atoms with E-state index in [-0.39, 0.29) is 0 Å². The average Bonchev–Trinajstić information content (AvgIpc) is 2.33. The summed E-state index contributed by atoms with van der Waals surface area (Å²) in [6, 6.07) is 2.10. The first-order chi connectivity index (χ1) is 4.75. The van der Waals surface area contributed by atoms with Gasteiger partial charge >= 0.3 is 0 Å². The minimum absolute atomic E-state index is 0.362. The molecule has 0 aliphatic heterocycles. The van der Waals surface area contributed by atoms with Crippen LogP contribution < -0.4 is 0 Å². The van der Waals surface area contributed by atoms with E-state index in [1.54, 1.807) is 5.38 Å². The van der Waals surface area contributed by atoms with Crippen molar-refractivity contribution < 1.29 is 0 Å². The Hall–Kier alpha value is -0.880. The van der Waals surface area contributed by atoms with Crippen molar-refractivity contribution in [3.63, 3.8) is 0 Å². The molecule has 0 N–H and O–H groups in total. The molecule has 0 saturated carbocycles. The highest BCUT2D eigenvalue weighted by Gasteiger charge is 2.07. The van der Waals surface area contributed by atoms with Gasteiger partial charge in [-0.2, -0.15) is 9.64 Å². The van der Waals surface area contributed by atoms with Crippen LogP contribution in [0.15, 0.2) is 5.38 Å². The molecular formula is C7H8N2S. The van der Waals surface area contributed by atoms with E-state index in [9.17, 15) is 0 Å². The number of rotatable bonds is 1. The van der Waals surface area contributed by atoms with E-state index >= 15 is 0 Å². The molecule has 1 rings (SSSR count). The minimum Gasteiger partial charge on any atom is -0.196 e. The van der Waals surface area contributed by atoms with Crippen LogP contribution in [0.1, 0.15) is 31.0 Å². The Kier molecular flexibility index (Phi) is 2.03. The summed E-state index contributed by atoms with van der Waals surface area (Å²) in [5.74, 6) is 0.362. The SMILES string of the molecule is CC(C)c1nscc1C#N. The predicted molar refractivity (Wildman–Crippen MR) is 40.9 cm³/mol. The van der Waals surface area contributed by atoms with E-state index in [1.807, 2.05) is 13.8 Å². The Morgan fingerprint density at radius 1 is 1.70 bits per heavy atom. The van der Waals surface area contributed by atoms with E-state index in [4.69, 9.17) is 5.26 Å². The van der Waals surface area contributed by atoms with Gasteiger partial charge in [0.25, 0.3) is 0 Å². The van der Waals surface area contributed by atoms with Crippen molar-refractivity contribution in [1.29, 1.82) is 5.26 Å². The third-order valence-electron chi connectivity index (χ3n) is 1.26. The highest BCUT2D eigenvalue weighted by Crippen LogP contribution is 2.18. The number of aromatic nitrogens is 1. The Labute approximate surface area is 64.3 Å². The second kappa shape index (κ2) is 2.80. The molecule has 3 heteroatoms. The Morgan fingerprint density at radius 3 is 2.80 bits per heavy atom. The minimum atomic E-state index is 0.362. The zero-order chi connectivity index (χ0) is 7.56. The van der Waals surface area contributed by atoms with Crippen molar-refractivity contribution in [3.8, 4) is 6.07 Å². The van der Waals surface area contributed by atoms with Crippen molar-refractivity contribution in [3.05, 3.63) is 16.6 Å². The lowest BCUT2D eigenvalue weighted by molar-refractivity contribution is 0.837. The standard InChI is InChI=1S/C7H8N2S/c1-5(2)7-6(3-8)4-10-9-7/h4-5H,1-2H3. The Balaban J connectivity index is 3.05. The van der Waals surface area contributed by atoms with Crippen LogP contribution in [-0.4, -0.2) is 4.37 Å². The van der Waals surface area contributed by atoms with Crippen LogP contribution in [0.25, 0.3) is 0 Å². The van der Waals surface area contributed by atoms with E-state index in [1.165, 1.54) is 11.5 Å². The van der Waals surface area contributed by atoms with Crippen LogP contribution >= 0.6 is 11.5 Å². The Bertz CT molecular complexity index is 257. The highest BCUT2D eigenvalue weighted by atomic mass is 32.1. The van der Waals surface area contributed by atoms with Gasteiger partial charge in [-0.1, -0.05) is 13.8 Å². The molecule has 0 bridgehead atoms. The molecule has 1 aromatic heterocycles. The molecule has 1 heterocycles. The molecule has 0 spiro atoms. The number of nitriles is 1. The predicted octanol–water partition coefficient (Wildman–Crippen LogP) is 2.14. The number of nitrogens with zero attached hydrogens (tertiary/aromatic N) is 2. The second-order valence-electron chi connectivity index (χ2n) is 2.38. The van der Waals surface area contributed by atoms with Crippen molar-refractivity contribution in [2.45, 2.75) is 19.8 Å². The normalized spacial score (nSPS) is 9.80. The molecule has 2 nitrogen and oxygen atoms in total. The van der Waals surface area contributed by atoms with E-state index < -0.39 is 0 Å². The van der Waals surface area contributed by atoms with Crippen LogP contribution in [0.5, 0.6) is 0 Å². The van der Waals surface area contributed by atoms with Gasteiger partial charge in [0.15, 0.2) is 0 Å². The van der Waals surface area contributed by atoms with E-state index in [2.05, 4.69) is 10.4 Å². The fourth-order valence-electron chi connectivity index (χ4n) is 0.745. The van der Waals surface area contributed by atoms with Gasteiger partial charge in [0.1, 0.15) is 6.07 Å². The number of hydrogen-bond acceptors (Lipinski definition) is 3. The molecule has 10 heavy (non-hydrogen) atoms. The fourth-order valence-corrected chi connectivity index (χ4v) is 1.50. The first-order valence-corrected chi connectivity index (χ1v) is 3.93. The summed E-state index contributed by atoms with van der Waals surface area (Å²) < 4.78 is 4.11. The lowest BCUT2D eigenvalue weighted by Gasteiger charge is -1.97. The van der Waals surface area contributed by atoms with Crippen molar-refractivity contribution >= 4 is 11.5 Å². The lowest BCUT2D eigenvalue weighted by atomic mass is 10.1. The van der Waals surface area contributed by atoms with Gasteiger partial charge in [-0.05, 0) is 17.5 Å². The van der Waals surface area contributed by atoms with E-state index in [0.717, 1.165) is 11.3 Å². The second-order valence-corrected chi connectivity index (χ2v) is 3.01. The van der Waals surface area contributed by atoms with Crippen molar-refractivity contribution in [1.82, 2.24) is 4.37 Å². The molecule has 0 aliphatic rings. The zero-order valence-electron chi connectivity index (χ0n) is 5.96. The monoisotopic (exact) mass is 152 g/mol. The first-order valence-electron chi connectivity index (χ1n) is 3.10. The quantitative estimate of drug-likeness (QED) is 0.618. The summed E-state index contributed by atoms with van der Waals surface area (Å²) >= 11 is 1.35. The smallest absolute Gasteiger partial charge is 0.102 e. The van der Waals surface area contributed by atoms with Gasteiger partial charge in [0, 0.05) is 5.38 Å². The van der Waals surface area contributed by atoms with Crippen LogP contribution in [-0.2, 0) is 0 Å². The van der Waals surface area contributed by atoms with Crippen LogP contribution in [0.4, 0.5) is 0 Å². The fraction of sp³-hybridized carbons (Fsp3) is 0.429. The van der Waals surface area contributed by atoms with Gasteiger partial charge in [-0.25, -0.2) is 0 Å². The first kappa shape index (κ1) is 7.23. The third-order valence-corrected chi connectivity index (χ3v) is 1.91. The molecule has 0 atom stereocenters. The van der Waals surface area contributed by atoms with Crippen molar-refractivity contribution in [2.75, 3.05) is 0 Å². The Morgan fingerprint density at radius 2 is 2.40 bits per heavy atom. The summed E-state index contributed by atoms with van der Waals surface area (Å²) in [5.41, 5.74) is 1.65. The topological polar surface area (TPSA) is 36.7 Å². The molecule has 0 amide bonds. The molecule has 0 radical (unpaired) electrons. The maximum atomic E-state index is 8.57. The molecule has 52 valence electrons. The van der Waals surface area contributed by atoms with Gasteiger partial charge < -0.3 is 0 Å². The zero-order valence-corrected chi connectivity index (χ0v) is 6.77. The largest absolute Gasteiger partial charge is 0.196 e. The maximum Gasteiger partial charge on any atom is 0.102 e. The summed E-state index contributed by atoms with van der Waals surface area (Å²) in [6.45, 7) is 4.08. The van der Waals surface area contributed by atoms with Crippen molar-refractivity contribution in [2.24, 2.45) is 0 Å². The van der Waals surface area contributed by atoms with E-state index in [0.29, 0.717) is 5.92 Å². The maximum absolute atomic E-state index is 8.57. The molecule has 1 aromatic rings. The molecule has 0 unspecified atom stereocenters. The summed E-state index contributed by atoms with van der Waals surface area (Å²) in [5, 5.41) is 10.4. The summed E-state index contributed by atoms with van der Waals surface area (Å²) in [6.07, 6.45) is 0. The average molecular weight is 152 g/mol. The van der Waals surface area contributed by atoms with Gasteiger partial charge in [0.05, 0.1) is 11.3 Å². The van der Waals surface area contributed by atoms with Crippen LogP contribution in [0, 0.1) is 11.3 Å². The molecule has 0 saturated heterocycles. The summed E-state index contributed by atoms with van der Waals surface area (Å²) in [4.78, 5) is 0. The van der Waals surface area contributed by atoms with Gasteiger partial charge in [-0.15, -0.1) is 0 Å². The summed E-state index contributed by atoms with van der Waals surface area (Å²) in [7, 11) is 0. The molecule has 0 aromatic carbocycles. The molecule has 0 aliphatic carbocycles. The lowest BCUT2D eigenvalue weighted by Crippen LogP contribution is -1.89. The third kappa shape index (κ3) is 1.17. The van der Waals surface area contributed by atoms with Gasteiger partial charge in [-0.3, -0.25) is 0 Å². The number of hydrogen-bond donors (Lipinski definition) is 0. The van der Waals surface area contributed by atoms with Crippen LogP contribution in [0.3, 0.4) is 0 Å². The molecule has 0 fully saturated rings. The molecular weight excluding hydrogens is 144 g/mol.